The Labute approximate surface area is 154 Å². The molecule has 0 amide bonds. The number of nitrogens with zero attached hydrogens (tertiary/aromatic N) is 5. The van der Waals surface area contributed by atoms with Gasteiger partial charge in [-0.2, -0.15) is 0 Å². The number of rotatable bonds is 5. The van der Waals surface area contributed by atoms with Gasteiger partial charge in [-0.3, -0.25) is 0 Å². The second kappa shape index (κ2) is 7.21. The van der Waals surface area contributed by atoms with Crippen LogP contribution in [0.25, 0.3) is 11.0 Å². The molecule has 3 aromatic rings. The minimum absolute atomic E-state index is 0.390. The van der Waals surface area contributed by atoms with Gasteiger partial charge in [0.05, 0.1) is 36.3 Å². The van der Waals surface area contributed by atoms with Crippen LogP contribution in [0.5, 0.6) is 0 Å². The van der Waals surface area contributed by atoms with E-state index in [2.05, 4.69) is 50.0 Å². The quantitative estimate of drug-likeness (QED) is 0.766. The number of aromatic nitrogens is 4. The lowest BCUT2D eigenvalue weighted by molar-refractivity contribution is 0.0801. The smallest absolute Gasteiger partial charge is 0.0959 e. The van der Waals surface area contributed by atoms with Crippen molar-refractivity contribution in [3.63, 3.8) is 0 Å². The largest absolute Gasteiger partial charge is 0.390 e. The molecule has 6 nitrogen and oxygen atoms in total. The van der Waals surface area contributed by atoms with Crippen LogP contribution in [-0.2, 0) is 6.54 Å². The third kappa shape index (κ3) is 3.52. The van der Waals surface area contributed by atoms with Crippen LogP contribution in [0, 0.1) is 13.8 Å². The Morgan fingerprint density at radius 3 is 2.62 bits per heavy atom. The second-order valence-corrected chi connectivity index (χ2v) is 7.52. The molecule has 6 heteroatoms. The molecular formula is C20H27N5O. The number of piperidine rings is 1. The molecule has 26 heavy (non-hydrogen) atoms. The Balaban J connectivity index is 1.35. The van der Waals surface area contributed by atoms with Crippen molar-refractivity contribution in [3.05, 3.63) is 48.3 Å². The second-order valence-electron chi connectivity index (χ2n) is 7.52. The predicted molar refractivity (Wildman–Crippen MR) is 102 cm³/mol. The van der Waals surface area contributed by atoms with Gasteiger partial charge in [-0.25, -0.2) is 9.97 Å². The van der Waals surface area contributed by atoms with Crippen molar-refractivity contribution in [1.82, 2.24) is 24.0 Å². The van der Waals surface area contributed by atoms with Gasteiger partial charge in [-0.1, -0.05) is 0 Å². The third-order valence-electron chi connectivity index (χ3n) is 5.62. The number of aliphatic hydroxyl groups excluding tert-OH is 1. The van der Waals surface area contributed by atoms with E-state index in [4.69, 9.17) is 0 Å². The first kappa shape index (κ1) is 17.2. The van der Waals surface area contributed by atoms with Crippen LogP contribution in [0.4, 0.5) is 0 Å². The van der Waals surface area contributed by atoms with Gasteiger partial charge in [0, 0.05) is 38.1 Å². The molecule has 0 radical (unpaired) electrons. The molecule has 0 unspecified atom stereocenters. The number of imidazole rings is 2. The molecule has 0 bridgehead atoms. The van der Waals surface area contributed by atoms with Gasteiger partial charge in [0.25, 0.3) is 0 Å². The number of aryl methyl sites for hydroxylation is 2. The zero-order valence-electron chi connectivity index (χ0n) is 15.5. The lowest BCUT2D eigenvalue weighted by Gasteiger charge is -2.33. The first-order valence-electron chi connectivity index (χ1n) is 9.40. The normalized spacial score (nSPS) is 17.8. The molecule has 1 saturated heterocycles. The van der Waals surface area contributed by atoms with E-state index in [1.807, 2.05) is 25.0 Å². The summed E-state index contributed by atoms with van der Waals surface area (Å²) in [6.07, 6.45) is 9.46. The Morgan fingerprint density at radius 2 is 1.88 bits per heavy atom. The number of hydrogen-bond donors (Lipinski definition) is 1. The van der Waals surface area contributed by atoms with Gasteiger partial charge in [0.15, 0.2) is 0 Å². The highest BCUT2D eigenvalue weighted by Gasteiger charge is 2.22. The molecule has 1 fully saturated rings. The molecule has 0 spiro atoms. The van der Waals surface area contributed by atoms with Gasteiger partial charge in [0.1, 0.15) is 0 Å². The summed E-state index contributed by atoms with van der Waals surface area (Å²) in [5, 5.41) is 10.6. The lowest BCUT2D eigenvalue weighted by Crippen LogP contribution is -2.40. The van der Waals surface area contributed by atoms with Gasteiger partial charge < -0.3 is 19.1 Å². The fourth-order valence-corrected chi connectivity index (χ4v) is 3.93. The van der Waals surface area contributed by atoms with Crippen LogP contribution in [-0.4, -0.2) is 54.8 Å². The number of fused-ring (bicyclic) bond motifs is 1. The Hall–Kier alpha value is -2.18. The number of likely N-dealkylation sites (tertiary alicyclic amines) is 1. The van der Waals surface area contributed by atoms with Crippen LogP contribution in [0.2, 0.25) is 0 Å². The van der Waals surface area contributed by atoms with Crippen molar-refractivity contribution in [2.24, 2.45) is 0 Å². The Morgan fingerprint density at radius 1 is 1.12 bits per heavy atom. The minimum atomic E-state index is -0.390. The molecule has 1 aliphatic rings. The molecule has 1 aliphatic heterocycles. The number of β-amino-alcohol motifs (C(OH)–C–C–N with tert-alkyl or cyclic N) is 1. The van der Waals surface area contributed by atoms with E-state index in [9.17, 15) is 5.11 Å². The van der Waals surface area contributed by atoms with E-state index in [0.29, 0.717) is 19.1 Å². The van der Waals surface area contributed by atoms with Crippen molar-refractivity contribution in [2.45, 2.75) is 45.4 Å². The topological polar surface area (TPSA) is 59.1 Å². The Bertz CT molecular complexity index is 862. The molecule has 4 rings (SSSR count). The summed E-state index contributed by atoms with van der Waals surface area (Å²) in [5.41, 5.74) is 4.62. The number of benzene rings is 1. The van der Waals surface area contributed by atoms with Crippen molar-refractivity contribution >= 4 is 11.0 Å². The van der Waals surface area contributed by atoms with E-state index in [-0.39, 0.29) is 6.10 Å². The molecular weight excluding hydrogens is 326 g/mol. The van der Waals surface area contributed by atoms with Gasteiger partial charge in [-0.05, 0) is 49.9 Å². The summed E-state index contributed by atoms with van der Waals surface area (Å²) in [4.78, 5) is 11.0. The van der Waals surface area contributed by atoms with Gasteiger partial charge in [0.2, 0.25) is 0 Å². The van der Waals surface area contributed by atoms with Crippen LogP contribution >= 0.6 is 0 Å². The van der Waals surface area contributed by atoms with E-state index in [1.165, 1.54) is 11.1 Å². The zero-order valence-corrected chi connectivity index (χ0v) is 15.5. The van der Waals surface area contributed by atoms with Crippen LogP contribution in [0.15, 0.2) is 37.2 Å². The fourth-order valence-electron chi connectivity index (χ4n) is 3.93. The Kier molecular flexibility index (Phi) is 4.78. The molecule has 138 valence electrons. The average Bonchev–Trinajstić information content (AvgIpc) is 3.27. The van der Waals surface area contributed by atoms with Gasteiger partial charge in [-0.15, -0.1) is 0 Å². The van der Waals surface area contributed by atoms with Crippen LogP contribution in [0.1, 0.15) is 30.0 Å². The standard InChI is InChI=1S/C20H27N5O/c1-15-9-19-20(10-16(15)2)25(14-22-19)12-18(26)11-23-6-3-17(4-7-23)24-8-5-21-13-24/h5,8-10,13-14,17-18,26H,3-4,6-7,11-12H2,1-2H3/t18-/m0/s1. The molecule has 0 saturated carbocycles. The van der Waals surface area contributed by atoms with Crippen LogP contribution < -0.4 is 0 Å². The summed E-state index contributed by atoms with van der Waals surface area (Å²) >= 11 is 0. The maximum atomic E-state index is 10.6. The molecule has 1 aromatic carbocycles. The van der Waals surface area contributed by atoms with Crippen molar-refractivity contribution in [2.75, 3.05) is 19.6 Å². The van der Waals surface area contributed by atoms with Crippen molar-refractivity contribution in [1.29, 1.82) is 0 Å². The predicted octanol–water partition coefficient (Wildman–Crippen LogP) is 2.55. The van der Waals surface area contributed by atoms with E-state index >= 15 is 0 Å². The van der Waals surface area contributed by atoms with Gasteiger partial charge >= 0.3 is 0 Å². The monoisotopic (exact) mass is 353 g/mol. The van der Waals surface area contributed by atoms with E-state index < -0.39 is 0 Å². The summed E-state index contributed by atoms with van der Waals surface area (Å²) in [6.45, 7) is 7.55. The van der Waals surface area contributed by atoms with Crippen molar-refractivity contribution < 1.29 is 5.11 Å². The molecule has 1 N–H and O–H groups in total. The summed E-state index contributed by atoms with van der Waals surface area (Å²) in [7, 11) is 0. The summed E-state index contributed by atoms with van der Waals surface area (Å²) in [6, 6.07) is 4.82. The zero-order chi connectivity index (χ0) is 18.1. The number of aliphatic hydroxyl groups is 1. The highest BCUT2D eigenvalue weighted by molar-refractivity contribution is 5.77. The summed E-state index contributed by atoms with van der Waals surface area (Å²) < 4.78 is 4.28. The lowest BCUT2D eigenvalue weighted by atomic mass is 10.0. The molecule has 2 aromatic heterocycles. The van der Waals surface area contributed by atoms with E-state index in [1.54, 1.807) is 0 Å². The van der Waals surface area contributed by atoms with Crippen molar-refractivity contribution in [3.8, 4) is 0 Å². The highest BCUT2D eigenvalue weighted by atomic mass is 16.3. The maximum absolute atomic E-state index is 10.6. The SMILES string of the molecule is Cc1cc2ncn(C[C@@H](O)CN3CCC(n4ccnc4)CC3)c2cc1C. The highest BCUT2D eigenvalue weighted by Crippen LogP contribution is 2.23. The first-order chi connectivity index (χ1) is 12.6. The van der Waals surface area contributed by atoms with Crippen LogP contribution in [0.3, 0.4) is 0 Å². The first-order valence-corrected chi connectivity index (χ1v) is 9.40. The summed E-state index contributed by atoms with van der Waals surface area (Å²) in [5.74, 6) is 0. The number of hydrogen-bond acceptors (Lipinski definition) is 4. The fraction of sp³-hybridized carbons (Fsp3) is 0.500. The maximum Gasteiger partial charge on any atom is 0.0959 e. The third-order valence-corrected chi connectivity index (χ3v) is 5.62. The van der Waals surface area contributed by atoms with E-state index in [0.717, 1.165) is 37.0 Å². The molecule has 0 aliphatic carbocycles. The minimum Gasteiger partial charge on any atom is -0.390 e. The average molecular weight is 353 g/mol. The molecule has 1 atom stereocenters. The molecule has 3 heterocycles.